The lowest BCUT2D eigenvalue weighted by atomic mass is 9.87. The summed E-state index contributed by atoms with van der Waals surface area (Å²) >= 11 is 0. The maximum absolute atomic E-state index is 11.3. The van der Waals surface area contributed by atoms with Crippen molar-refractivity contribution in [1.82, 2.24) is 5.32 Å². The van der Waals surface area contributed by atoms with E-state index in [1.807, 2.05) is 12.1 Å². The van der Waals surface area contributed by atoms with E-state index in [1.54, 1.807) is 0 Å². The van der Waals surface area contributed by atoms with E-state index in [0.29, 0.717) is 25.3 Å². The Bertz CT molecular complexity index is 558. The second-order valence-corrected chi connectivity index (χ2v) is 8.91. The molecular formula is C16H25NO3S. The van der Waals surface area contributed by atoms with Gasteiger partial charge in [0.2, 0.25) is 0 Å². The quantitative estimate of drug-likeness (QED) is 0.847. The predicted molar refractivity (Wildman–Crippen MR) is 85.7 cm³/mol. The van der Waals surface area contributed by atoms with Crippen LogP contribution in [0.5, 0.6) is 5.75 Å². The summed E-state index contributed by atoms with van der Waals surface area (Å²) in [6.07, 6.45) is 0.711. The van der Waals surface area contributed by atoms with Crippen LogP contribution >= 0.6 is 0 Å². The molecule has 0 aromatic heterocycles. The van der Waals surface area contributed by atoms with Gasteiger partial charge in [-0.2, -0.15) is 0 Å². The first-order valence-electron chi connectivity index (χ1n) is 7.43. The van der Waals surface area contributed by atoms with Crippen molar-refractivity contribution in [3.63, 3.8) is 0 Å². The summed E-state index contributed by atoms with van der Waals surface area (Å²) in [5, 5.41) is 3.24. The Morgan fingerprint density at radius 1 is 1.24 bits per heavy atom. The van der Waals surface area contributed by atoms with Gasteiger partial charge in [-0.05, 0) is 29.5 Å². The van der Waals surface area contributed by atoms with Crippen molar-refractivity contribution < 1.29 is 13.2 Å². The van der Waals surface area contributed by atoms with Crippen LogP contribution in [-0.2, 0) is 15.3 Å². The molecule has 0 radical (unpaired) electrons. The van der Waals surface area contributed by atoms with Crippen LogP contribution in [-0.4, -0.2) is 39.1 Å². The van der Waals surface area contributed by atoms with E-state index in [0.717, 1.165) is 5.75 Å². The SMILES string of the molecule is CC(C)(C)c1ccc(OCCNC2CCS(=O)(=O)C2)cc1. The Morgan fingerprint density at radius 3 is 2.43 bits per heavy atom. The molecule has 1 unspecified atom stereocenters. The van der Waals surface area contributed by atoms with Gasteiger partial charge in [-0.25, -0.2) is 8.42 Å². The molecular weight excluding hydrogens is 286 g/mol. The number of benzene rings is 1. The summed E-state index contributed by atoms with van der Waals surface area (Å²) < 4.78 is 28.3. The van der Waals surface area contributed by atoms with Gasteiger partial charge in [0.05, 0.1) is 11.5 Å². The van der Waals surface area contributed by atoms with Gasteiger partial charge in [-0.3, -0.25) is 0 Å². The predicted octanol–water partition coefficient (Wildman–Crippen LogP) is 2.14. The average Bonchev–Trinajstić information content (AvgIpc) is 2.74. The number of sulfone groups is 1. The second-order valence-electron chi connectivity index (χ2n) is 6.68. The first-order valence-corrected chi connectivity index (χ1v) is 9.25. The summed E-state index contributed by atoms with van der Waals surface area (Å²) in [6, 6.07) is 8.24. The van der Waals surface area contributed by atoms with E-state index in [1.165, 1.54) is 5.56 Å². The van der Waals surface area contributed by atoms with Crippen molar-refractivity contribution in [2.45, 2.75) is 38.6 Å². The van der Waals surface area contributed by atoms with Crippen LogP contribution in [0.1, 0.15) is 32.8 Å². The van der Waals surface area contributed by atoms with Crippen LogP contribution in [0.4, 0.5) is 0 Å². The van der Waals surface area contributed by atoms with Crippen molar-refractivity contribution in [2.24, 2.45) is 0 Å². The molecule has 1 saturated heterocycles. The van der Waals surface area contributed by atoms with Gasteiger partial charge in [0.15, 0.2) is 9.84 Å². The van der Waals surface area contributed by atoms with Gasteiger partial charge in [0.25, 0.3) is 0 Å². The van der Waals surface area contributed by atoms with E-state index in [4.69, 9.17) is 4.74 Å². The van der Waals surface area contributed by atoms with Crippen LogP contribution in [0, 0.1) is 0 Å². The fourth-order valence-corrected chi connectivity index (χ4v) is 4.15. The van der Waals surface area contributed by atoms with Crippen LogP contribution < -0.4 is 10.1 Å². The third kappa shape index (κ3) is 5.00. The molecule has 1 aliphatic rings. The summed E-state index contributed by atoms with van der Waals surface area (Å²) in [4.78, 5) is 0. The van der Waals surface area contributed by atoms with Gasteiger partial charge < -0.3 is 10.1 Å². The molecule has 5 heteroatoms. The maximum atomic E-state index is 11.3. The molecule has 0 saturated carbocycles. The third-order valence-corrected chi connectivity index (χ3v) is 5.52. The molecule has 1 aromatic rings. The highest BCUT2D eigenvalue weighted by Crippen LogP contribution is 2.24. The van der Waals surface area contributed by atoms with E-state index in [9.17, 15) is 8.42 Å². The minimum absolute atomic E-state index is 0.0851. The standard InChI is InChI=1S/C16H25NO3S/c1-16(2,3)13-4-6-15(7-5-13)20-10-9-17-14-8-11-21(18,19)12-14/h4-7,14,17H,8-12H2,1-3H3. The van der Waals surface area contributed by atoms with Crippen molar-refractivity contribution in [1.29, 1.82) is 0 Å². The van der Waals surface area contributed by atoms with E-state index >= 15 is 0 Å². The van der Waals surface area contributed by atoms with Crippen molar-refractivity contribution >= 4 is 9.84 Å². The highest BCUT2D eigenvalue weighted by atomic mass is 32.2. The minimum atomic E-state index is -2.81. The van der Waals surface area contributed by atoms with E-state index in [2.05, 4.69) is 38.2 Å². The number of rotatable bonds is 5. The van der Waals surface area contributed by atoms with Gasteiger partial charge in [0.1, 0.15) is 12.4 Å². The van der Waals surface area contributed by atoms with Crippen LogP contribution in [0.3, 0.4) is 0 Å². The molecule has 21 heavy (non-hydrogen) atoms. The van der Waals surface area contributed by atoms with Gasteiger partial charge >= 0.3 is 0 Å². The highest BCUT2D eigenvalue weighted by Gasteiger charge is 2.27. The molecule has 4 nitrogen and oxygen atoms in total. The molecule has 0 amide bonds. The Balaban J connectivity index is 1.72. The van der Waals surface area contributed by atoms with E-state index < -0.39 is 9.84 Å². The first-order chi connectivity index (χ1) is 9.76. The average molecular weight is 311 g/mol. The topological polar surface area (TPSA) is 55.4 Å². The monoisotopic (exact) mass is 311 g/mol. The smallest absolute Gasteiger partial charge is 0.151 e. The van der Waals surface area contributed by atoms with Crippen LogP contribution in [0.25, 0.3) is 0 Å². The van der Waals surface area contributed by atoms with Crippen molar-refractivity contribution in [3.05, 3.63) is 29.8 Å². The molecule has 0 aliphatic carbocycles. The van der Waals surface area contributed by atoms with Crippen molar-refractivity contribution in [2.75, 3.05) is 24.7 Å². The Morgan fingerprint density at radius 2 is 1.90 bits per heavy atom. The normalized spacial score (nSPS) is 21.4. The minimum Gasteiger partial charge on any atom is -0.492 e. The zero-order valence-corrected chi connectivity index (χ0v) is 13.9. The Hall–Kier alpha value is -1.07. The molecule has 1 fully saturated rings. The first kappa shape index (κ1) is 16.3. The molecule has 1 heterocycles. The number of hydrogen-bond donors (Lipinski definition) is 1. The lowest BCUT2D eigenvalue weighted by Crippen LogP contribution is -2.33. The van der Waals surface area contributed by atoms with Crippen LogP contribution in [0.2, 0.25) is 0 Å². The maximum Gasteiger partial charge on any atom is 0.151 e. The van der Waals surface area contributed by atoms with Crippen molar-refractivity contribution in [3.8, 4) is 5.75 Å². The zero-order chi connectivity index (χ0) is 15.5. The van der Waals surface area contributed by atoms with Gasteiger partial charge in [0, 0.05) is 12.6 Å². The molecule has 1 aromatic carbocycles. The zero-order valence-electron chi connectivity index (χ0n) is 13.1. The fraction of sp³-hybridized carbons (Fsp3) is 0.625. The second kappa shape index (κ2) is 6.36. The number of nitrogens with one attached hydrogen (secondary N) is 1. The number of ether oxygens (including phenoxy) is 1. The third-order valence-electron chi connectivity index (χ3n) is 3.76. The lowest BCUT2D eigenvalue weighted by molar-refractivity contribution is 0.307. The molecule has 0 spiro atoms. The highest BCUT2D eigenvalue weighted by molar-refractivity contribution is 7.91. The largest absolute Gasteiger partial charge is 0.492 e. The summed E-state index contributed by atoms with van der Waals surface area (Å²) in [5.41, 5.74) is 1.43. The Labute approximate surface area is 127 Å². The summed E-state index contributed by atoms with van der Waals surface area (Å²) in [7, 11) is -2.81. The van der Waals surface area contributed by atoms with E-state index in [-0.39, 0.29) is 17.2 Å². The van der Waals surface area contributed by atoms with Gasteiger partial charge in [-0.15, -0.1) is 0 Å². The fourth-order valence-electron chi connectivity index (χ4n) is 2.44. The molecule has 118 valence electrons. The number of hydrogen-bond acceptors (Lipinski definition) is 4. The Kier molecular flexibility index (Phi) is 4.94. The molecule has 0 bridgehead atoms. The van der Waals surface area contributed by atoms with Crippen LogP contribution in [0.15, 0.2) is 24.3 Å². The van der Waals surface area contributed by atoms with Gasteiger partial charge in [-0.1, -0.05) is 32.9 Å². The summed E-state index contributed by atoms with van der Waals surface area (Å²) in [6.45, 7) is 7.76. The summed E-state index contributed by atoms with van der Waals surface area (Å²) in [5.74, 6) is 1.41. The molecule has 2 rings (SSSR count). The molecule has 1 N–H and O–H groups in total. The molecule has 1 aliphatic heterocycles. The molecule has 1 atom stereocenters. The lowest BCUT2D eigenvalue weighted by Gasteiger charge is -2.19.